The van der Waals surface area contributed by atoms with Gasteiger partial charge in [-0.2, -0.15) is 0 Å². The molecule has 1 fully saturated rings. The van der Waals surface area contributed by atoms with E-state index in [2.05, 4.69) is 5.32 Å². The molecule has 3 rings (SSSR count). The summed E-state index contributed by atoms with van der Waals surface area (Å²) in [7, 11) is 0. The summed E-state index contributed by atoms with van der Waals surface area (Å²) in [6, 6.07) is 11.0. The van der Waals surface area contributed by atoms with Crippen LogP contribution in [0.25, 0.3) is 6.08 Å². The van der Waals surface area contributed by atoms with Gasteiger partial charge in [-0.3, -0.25) is 9.69 Å². The summed E-state index contributed by atoms with van der Waals surface area (Å²) in [5, 5.41) is 5.72. The van der Waals surface area contributed by atoms with Gasteiger partial charge >= 0.3 is 0 Å². The maximum atomic E-state index is 12.4. The van der Waals surface area contributed by atoms with Crippen molar-refractivity contribution >= 4 is 57.9 Å². The number of nitrogens with zero attached hydrogens (tertiary/aromatic N) is 1. The van der Waals surface area contributed by atoms with E-state index in [1.165, 1.54) is 4.90 Å². The highest BCUT2D eigenvalue weighted by atomic mass is 35.5. The summed E-state index contributed by atoms with van der Waals surface area (Å²) >= 11 is 12.9. The third-order valence-corrected chi connectivity index (χ3v) is 4.22. The van der Waals surface area contributed by atoms with E-state index >= 15 is 0 Å². The fraction of sp³-hybridized carbons (Fsp3) is 0. The quantitative estimate of drug-likeness (QED) is 0.677. The highest BCUT2D eigenvalue weighted by Crippen LogP contribution is 2.29. The topological polar surface area (TPSA) is 32.3 Å². The fourth-order valence-corrected chi connectivity index (χ4v) is 3.07. The van der Waals surface area contributed by atoms with E-state index in [-0.39, 0.29) is 5.91 Å². The van der Waals surface area contributed by atoms with Gasteiger partial charge in [0, 0.05) is 4.88 Å². The van der Waals surface area contributed by atoms with Crippen LogP contribution in [0.1, 0.15) is 4.88 Å². The highest BCUT2D eigenvalue weighted by molar-refractivity contribution is 7.80. The standard InChI is InChI=1S/C14H9ClN2OS2/c15-10-5-1-2-6-12(10)17-13(18)11(16-14(17)19)8-9-4-3-7-20-9/h1-8H,(H,16,19)/b11-8+. The smallest absolute Gasteiger partial charge is 0.281 e. The molecule has 1 saturated heterocycles. The van der Waals surface area contributed by atoms with Gasteiger partial charge in [-0.05, 0) is 41.9 Å². The first-order valence-corrected chi connectivity index (χ1v) is 7.48. The minimum absolute atomic E-state index is 0.198. The molecule has 20 heavy (non-hydrogen) atoms. The van der Waals surface area contributed by atoms with E-state index in [4.69, 9.17) is 23.8 Å². The van der Waals surface area contributed by atoms with Crippen molar-refractivity contribution in [3.05, 3.63) is 57.4 Å². The first-order chi connectivity index (χ1) is 9.66. The molecular weight excluding hydrogens is 312 g/mol. The zero-order valence-electron chi connectivity index (χ0n) is 10.2. The molecule has 6 heteroatoms. The Kier molecular flexibility index (Phi) is 3.56. The van der Waals surface area contributed by atoms with E-state index in [1.807, 2.05) is 29.6 Å². The van der Waals surface area contributed by atoms with Crippen molar-refractivity contribution < 1.29 is 4.79 Å². The van der Waals surface area contributed by atoms with Gasteiger partial charge in [-0.1, -0.05) is 29.8 Å². The lowest BCUT2D eigenvalue weighted by atomic mass is 10.3. The number of rotatable bonds is 2. The Morgan fingerprint density at radius 3 is 2.75 bits per heavy atom. The summed E-state index contributed by atoms with van der Waals surface area (Å²) in [5.74, 6) is -0.198. The van der Waals surface area contributed by atoms with E-state index in [0.29, 0.717) is 21.5 Å². The Morgan fingerprint density at radius 2 is 2.05 bits per heavy atom. The van der Waals surface area contributed by atoms with Crippen LogP contribution in [0.4, 0.5) is 5.69 Å². The second-order valence-corrected chi connectivity index (χ2v) is 5.87. The van der Waals surface area contributed by atoms with Gasteiger partial charge in [0.15, 0.2) is 5.11 Å². The van der Waals surface area contributed by atoms with Crippen molar-refractivity contribution in [1.82, 2.24) is 5.32 Å². The number of carbonyl (C=O) groups is 1. The number of para-hydroxylation sites is 1. The van der Waals surface area contributed by atoms with Crippen molar-refractivity contribution in [1.29, 1.82) is 0 Å². The molecule has 1 aliphatic heterocycles. The number of nitrogens with one attached hydrogen (secondary N) is 1. The van der Waals surface area contributed by atoms with Gasteiger partial charge < -0.3 is 5.32 Å². The van der Waals surface area contributed by atoms with Gasteiger partial charge in [0.05, 0.1) is 10.7 Å². The molecule has 100 valence electrons. The Hall–Kier alpha value is -1.69. The third kappa shape index (κ3) is 2.35. The number of halogens is 1. The normalized spacial score (nSPS) is 16.9. The maximum absolute atomic E-state index is 12.4. The molecule has 1 N–H and O–H groups in total. The van der Waals surface area contributed by atoms with Crippen molar-refractivity contribution in [3.8, 4) is 0 Å². The van der Waals surface area contributed by atoms with E-state index in [0.717, 1.165) is 4.88 Å². The van der Waals surface area contributed by atoms with Crippen LogP contribution >= 0.6 is 35.2 Å². The Morgan fingerprint density at radius 1 is 1.25 bits per heavy atom. The SMILES string of the molecule is O=C1/C(=C\c2cccs2)NC(=S)N1c1ccccc1Cl. The zero-order valence-corrected chi connectivity index (χ0v) is 12.6. The summed E-state index contributed by atoms with van der Waals surface area (Å²) in [5.41, 5.74) is 1.05. The summed E-state index contributed by atoms with van der Waals surface area (Å²) in [6.07, 6.45) is 1.79. The van der Waals surface area contributed by atoms with Crippen LogP contribution < -0.4 is 10.2 Å². The molecule has 2 heterocycles. The number of carbonyl (C=O) groups excluding carboxylic acids is 1. The molecule has 0 spiro atoms. The average Bonchev–Trinajstić information content (AvgIpc) is 3.01. The van der Waals surface area contributed by atoms with Crippen LogP contribution in [0.2, 0.25) is 5.02 Å². The predicted molar refractivity (Wildman–Crippen MR) is 87.0 cm³/mol. The summed E-state index contributed by atoms with van der Waals surface area (Å²) in [6.45, 7) is 0. The van der Waals surface area contributed by atoms with E-state index in [1.54, 1.807) is 29.5 Å². The minimum atomic E-state index is -0.198. The van der Waals surface area contributed by atoms with Crippen LogP contribution in [0.3, 0.4) is 0 Å². The number of hydrogen-bond donors (Lipinski definition) is 1. The second-order valence-electron chi connectivity index (χ2n) is 4.10. The largest absolute Gasteiger partial charge is 0.327 e. The van der Waals surface area contributed by atoms with Gasteiger partial charge in [-0.15, -0.1) is 11.3 Å². The van der Waals surface area contributed by atoms with E-state index < -0.39 is 0 Å². The number of thiocarbonyl (C=S) groups is 1. The lowest BCUT2D eigenvalue weighted by molar-refractivity contribution is -0.113. The molecule has 0 saturated carbocycles. The van der Waals surface area contributed by atoms with Crippen molar-refractivity contribution in [2.75, 3.05) is 4.90 Å². The van der Waals surface area contributed by atoms with Crippen LogP contribution in [0.15, 0.2) is 47.5 Å². The molecule has 2 aromatic rings. The van der Waals surface area contributed by atoms with Gasteiger partial charge in [0.2, 0.25) is 0 Å². The first kappa shape index (κ1) is 13.3. The molecule has 1 aromatic heterocycles. The molecule has 0 radical (unpaired) electrons. The number of hydrogen-bond acceptors (Lipinski definition) is 3. The number of anilines is 1. The Balaban J connectivity index is 1.98. The van der Waals surface area contributed by atoms with Crippen LogP contribution in [0.5, 0.6) is 0 Å². The molecule has 0 aliphatic carbocycles. The lowest BCUT2D eigenvalue weighted by Crippen LogP contribution is -2.30. The van der Waals surface area contributed by atoms with Gasteiger partial charge in [0.1, 0.15) is 5.70 Å². The summed E-state index contributed by atoms with van der Waals surface area (Å²) in [4.78, 5) is 14.9. The third-order valence-electron chi connectivity index (χ3n) is 2.80. The predicted octanol–water partition coefficient (Wildman–Crippen LogP) is 3.66. The lowest BCUT2D eigenvalue weighted by Gasteiger charge is -2.15. The molecular formula is C14H9ClN2OS2. The molecule has 1 aromatic carbocycles. The van der Waals surface area contributed by atoms with Gasteiger partial charge in [0.25, 0.3) is 5.91 Å². The van der Waals surface area contributed by atoms with Crippen molar-refractivity contribution in [2.24, 2.45) is 0 Å². The highest BCUT2D eigenvalue weighted by Gasteiger charge is 2.33. The first-order valence-electron chi connectivity index (χ1n) is 5.82. The second kappa shape index (κ2) is 5.36. The molecule has 1 amide bonds. The Bertz CT molecular complexity index is 710. The molecule has 1 aliphatic rings. The van der Waals surface area contributed by atoms with Crippen molar-refractivity contribution in [3.63, 3.8) is 0 Å². The van der Waals surface area contributed by atoms with Crippen LogP contribution in [-0.2, 0) is 4.79 Å². The van der Waals surface area contributed by atoms with Gasteiger partial charge in [-0.25, -0.2) is 0 Å². The Labute approximate surface area is 130 Å². The molecule has 3 nitrogen and oxygen atoms in total. The minimum Gasteiger partial charge on any atom is -0.327 e. The molecule has 0 atom stereocenters. The molecule has 0 unspecified atom stereocenters. The number of thiophene rings is 1. The number of benzene rings is 1. The zero-order chi connectivity index (χ0) is 14.1. The summed E-state index contributed by atoms with van der Waals surface area (Å²) < 4.78 is 0. The average molecular weight is 321 g/mol. The van der Waals surface area contributed by atoms with E-state index in [9.17, 15) is 4.79 Å². The van der Waals surface area contributed by atoms with Crippen LogP contribution in [0, 0.1) is 0 Å². The monoisotopic (exact) mass is 320 g/mol. The maximum Gasteiger partial charge on any atom is 0.281 e. The fourth-order valence-electron chi connectivity index (χ4n) is 1.90. The van der Waals surface area contributed by atoms with Crippen LogP contribution in [-0.4, -0.2) is 11.0 Å². The molecule has 0 bridgehead atoms. The van der Waals surface area contributed by atoms with Crippen molar-refractivity contribution in [2.45, 2.75) is 0 Å². The number of amides is 1.